The van der Waals surface area contributed by atoms with Gasteiger partial charge in [0.25, 0.3) is 0 Å². The number of ether oxygens (including phenoxy) is 2. The van der Waals surface area contributed by atoms with Gasteiger partial charge in [-0.15, -0.1) is 0 Å². The van der Waals surface area contributed by atoms with E-state index in [1.807, 2.05) is 0 Å². The number of benzene rings is 1. The zero-order chi connectivity index (χ0) is 12.0. The number of hydrogen-bond donors (Lipinski definition) is 1. The molecule has 1 heterocycles. The van der Waals surface area contributed by atoms with Crippen LogP contribution in [0.25, 0.3) is 5.57 Å². The van der Waals surface area contributed by atoms with Crippen LogP contribution < -0.4 is 9.47 Å². The maximum Gasteiger partial charge on any atom is 0.164 e. The van der Waals surface area contributed by atoms with Crippen LogP contribution in [0.3, 0.4) is 0 Å². The molecule has 1 aliphatic heterocycles. The zero-order valence-electron chi connectivity index (χ0n) is 10.1. The summed E-state index contributed by atoms with van der Waals surface area (Å²) < 4.78 is 11.1. The normalized spacial score (nSPS) is 25.6. The summed E-state index contributed by atoms with van der Waals surface area (Å²) >= 11 is 0. The van der Waals surface area contributed by atoms with Gasteiger partial charge in [-0.05, 0) is 32.3 Å². The third-order valence-corrected chi connectivity index (χ3v) is 3.68. The minimum atomic E-state index is -0.223. The Morgan fingerprint density at radius 1 is 1.41 bits per heavy atom. The van der Waals surface area contributed by atoms with Crippen LogP contribution in [0, 0.1) is 0 Å². The SMILES string of the molecule is COc1cc2c(cc1O)C1=CCCCC1(C)O2. The Balaban J connectivity index is 2.15. The van der Waals surface area contributed by atoms with Crippen molar-refractivity contribution in [1.29, 1.82) is 0 Å². The first-order valence-electron chi connectivity index (χ1n) is 5.95. The molecule has 1 unspecified atom stereocenters. The Morgan fingerprint density at radius 3 is 3.00 bits per heavy atom. The van der Waals surface area contributed by atoms with E-state index in [0.29, 0.717) is 5.75 Å². The van der Waals surface area contributed by atoms with Crippen LogP contribution in [0.2, 0.25) is 0 Å². The van der Waals surface area contributed by atoms with Gasteiger partial charge in [0.2, 0.25) is 0 Å². The maximum atomic E-state index is 9.84. The molecule has 1 aromatic rings. The molecule has 0 aromatic heterocycles. The van der Waals surface area contributed by atoms with Gasteiger partial charge in [-0.3, -0.25) is 0 Å². The van der Waals surface area contributed by atoms with E-state index in [-0.39, 0.29) is 11.4 Å². The van der Waals surface area contributed by atoms with Crippen molar-refractivity contribution in [3.05, 3.63) is 23.8 Å². The van der Waals surface area contributed by atoms with Crippen LogP contribution in [0.5, 0.6) is 17.2 Å². The maximum absolute atomic E-state index is 9.84. The first kappa shape index (κ1) is 10.5. The average Bonchev–Trinajstić information content (AvgIpc) is 2.59. The molecule has 0 saturated heterocycles. The third-order valence-electron chi connectivity index (χ3n) is 3.68. The first-order chi connectivity index (χ1) is 8.14. The van der Waals surface area contributed by atoms with Crippen molar-refractivity contribution >= 4 is 5.57 Å². The van der Waals surface area contributed by atoms with Gasteiger partial charge in [0.15, 0.2) is 11.5 Å². The Kier molecular flexibility index (Phi) is 2.12. The summed E-state index contributed by atoms with van der Waals surface area (Å²) in [7, 11) is 1.55. The van der Waals surface area contributed by atoms with Gasteiger partial charge >= 0.3 is 0 Å². The lowest BCUT2D eigenvalue weighted by molar-refractivity contribution is 0.149. The molecule has 0 fully saturated rings. The van der Waals surface area contributed by atoms with E-state index >= 15 is 0 Å². The molecule has 17 heavy (non-hydrogen) atoms. The summed E-state index contributed by atoms with van der Waals surface area (Å²) in [5, 5.41) is 9.84. The summed E-state index contributed by atoms with van der Waals surface area (Å²) in [6, 6.07) is 3.52. The van der Waals surface area contributed by atoms with Crippen LogP contribution in [0.1, 0.15) is 31.7 Å². The van der Waals surface area contributed by atoms with Gasteiger partial charge in [0, 0.05) is 17.2 Å². The van der Waals surface area contributed by atoms with Crippen LogP contribution in [-0.2, 0) is 0 Å². The fraction of sp³-hybridized carbons (Fsp3) is 0.429. The summed E-state index contributed by atoms with van der Waals surface area (Å²) in [4.78, 5) is 0. The van der Waals surface area contributed by atoms with Crippen molar-refractivity contribution in [2.24, 2.45) is 0 Å². The van der Waals surface area contributed by atoms with Gasteiger partial charge in [0.05, 0.1) is 7.11 Å². The van der Waals surface area contributed by atoms with Gasteiger partial charge in [-0.1, -0.05) is 6.08 Å². The highest BCUT2D eigenvalue weighted by Gasteiger charge is 2.41. The molecule has 90 valence electrons. The van der Waals surface area contributed by atoms with Gasteiger partial charge in [0.1, 0.15) is 11.4 Å². The molecule has 2 aliphatic rings. The molecule has 0 saturated carbocycles. The van der Waals surface area contributed by atoms with E-state index in [1.54, 1.807) is 19.2 Å². The quantitative estimate of drug-likeness (QED) is 0.808. The Bertz CT molecular complexity index is 504. The van der Waals surface area contributed by atoms with Gasteiger partial charge < -0.3 is 14.6 Å². The van der Waals surface area contributed by atoms with Crippen LogP contribution in [-0.4, -0.2) is 17.8 Å². The van der Waals surface area contributed by atoms with E-state index < -0.39 is 0 Å². The van der Waals surface area contributed by atoms with Crippen molar-refractivity contribution in [3.8, 4) is 17.2 Å². The van der Waals surface area contributed by atoms with Crippen molar-refractivity contribution < 1.29 is 14.6 Å². The summed E-state index contributed by atoms with van der Waals surface area (Å²) in [6.07, 6.45) is 5.48. The highest BCUT2D eigenvalue weighted by molar-refractivity contribution is 5.82. The standard InChI is InChI=1S/C14H16O3/c1-14-6-4-3-5-10(14)9-7-11(15)13(16-2)8-12(9)17-14/h5,7-8,15H,3-4,6H2,1-2H3. The lowest BCUT2D eigenvalue weighted by Gasteiger charge is -2.28. The van der Waals surface area contributed by atoms with Crippen LogP contribution in [0.4, 0.5) is 0 Å². The summed E-state index contributed by atoms with van der Waals surface area (Å²) in [6.45, 7) is 2.11. The number of rotatable bonds is 1. The van der Waals surface area contributed by atoms with E-state index in [1.165, 1.54) is 5.57 Å². The predicted molar refractivity (Wildman–Crippen MR) is 65.5 cm³/mol. The summed E-state index contributed by atoms with van der Waals surface area (Å²) in [5.41, 5.74) is 1.99. The lowest BCUT2D eigenvalue weighted by Crippen LogP contribution is -2.30. The Hall–Kier alpha value is -1.64. The van der Waals surface area contributed by atoms with E-state index in [0.717, 1.165) is 30.6 Å². The monoisotopic (exact) mass is 232 g/mol. The minimum Gasteiger partial charge on any atom is -0.504 e. The van der Waals surface area contributed by atoms with E-state index in [4.69, 9.17) is 9.47 Å². The molecule has 0 amide bonds. The fourth-order valence-electron chi connectivity index (χ4n) is 2.79. The number of phenols is 1. The number of hydrogen-bond acceptors (Lipinski definition) is 3. The molecule has 1 N–H and O–H groups in total. The largest absolute Gasteiger partial charge is 0.504 e. The zero-order valence-corrected chi connectivity index (χ0v) is 10.1. The minimum absolute atomic E-state index is 0.172. The second kappa shape index (κ2) is 3.42. The number of allylic oxidation sites excluding steroid dienone is 1. The van der Waals surface area contributed by atoms with Gasteiger partial charge in [-0.2, -0.15) is 0 Å². The topological polar surface area (TPSA) is 38.7 Å². The number of phenolic OH excluding ortho intramolecular Hbond substituents is 1. The molecule has 3 rings (SSSR count). The highest BCUT2D eigenvalue weighted by atomic mass is 16.5. The first-order valence-corrected chi connectivity index (χ1v) is 5.95. The molecule has 0 radical (unpaired) electrons. The van der Waals surface area contributed by atoms with Crippen LogP contribution >= 0.6 is 0 Å². The van der Waals surface area contributed by atoms with E-state index in [2.05, 4.69) is 13.0 Å². The molecular weight excluding hydrogens is 216 g/mol. The average molecular weight is 232 g/mol. The van der Waals surface area contributed by atoms with Crippen molar-refractivity contribution in [2.45, 2.75) is 31.8 Å². The van der Waals surface area contributed by atoms with Gasteiger partial charge in [-0.25, -0.2) is 0 Å². The van der Waals surface area contributed by atoms with Crippen molar-refractivity contribution in [2.75, 3.05) is 7.11 Å². The predicted octanol–water partition coefficient (Wildman–Crippen LogP) is 3.12. The lowest BCUT2D eigenvalue weighted by atomic mass is 9.83. The second-order valence-corrected chi connectivity index (χ2v) is 4.86. The third kappa shape index (κ3) is 1.42. The molecule has 0 bridgehead atoms. The molecule has 1 aliphatic carbocycles. The molecule has 1 aromatic carbocycles. The summed E-state index contributed by atoms with van der Waals surface area (Å²) in [5.74, 6) is 1.45. The second-order valence-electron chi connectivity index (χ2n) is 4.86. The number of methoxy groups -OCH3 is 1. The fourth-order valence-corrected chi connectivity index (χ4v) is 2.79. The smallest absolute Gasteiger partial charge is 0.164 e. The number of fused-ring (bicyclic) bond motifs is 3. The van der Waals surface area contributed by atoms with Crippen LogP contribution in [0.15, 0.2) is 18.2 Å². The van der Waals surface area contributed by atoms with E-state index in [9.17, 15) is 5.11 Å². The molecule has 3 nitrogen and oxygen atoms in total. The molecular formula is C14H16O3. The molecule has 1 atom stereocenters. The Morgan fingerprint density at radius 2 is 2.24 bits per heavy atom. The van der Waals surface area contributed by atoms with Crippen molar-refractivity contribution in [3.63, 3.8) is 0 Å². The molecule has 0 spiro atoms. The molecule has 3 heteroatoms. The van der Waals surface area contributed by atoms with Crippen molar-refractivity contribution in [1.82, 2.24) is 0 Å². The number of aromatic hydroxyl groups is 1. The Labute approximate surface area is 101 Å². The highest BCUT2D eigenvalue weighted by Crippen LogP contribution is 2.51.